The van der Waals surface area contributed by atoms with Gasteiger partial charge in [0.1, 0.15) is 5.75 Å². The van der Waals surface area contributed by atoms with Crippen LogP contribution < -0.4 is 4.74 Å². The van der Waals surface area contributed by atoms with Crippen molar-refractivity contribution in [3.63, 3.8) is 0 Å². The van der Waals surface area contributed by atoms with Gasteiger partial charge >= 0.3 is 0 Å². The Bertz CT molecular complexity index is 1450. The van der Waals surface area contributed by atoms with Crippen LogP contribution in [-0.4, -0.2) is 52.9 Å². The largest absolute Gasteiger partial charge is 0.493 e. The molecule has 4 heterocycles. The van der Waals surface area contributed by atoms with E-state index in [2.05, 4.69) is 51.3 Å². The summed E-state index contributed by atoms with van der Waals surface area (Å²) in [6.45, 7) is 2.17. The lowest BCUT2D eigenvalue weighted by molar-refractivity contribution is -0.128. The average Bonchev–Trinajstić information content (AvgIpc) is 3.51. The monoisotopic (exact) mass is 478 g/mol. The van der Waals surface area contributed by atoms with Crippen LogP contribution in [0.15, 0.2) is 66.9 Å². The van der Waals surface area contributed by atoms with Crippen LogP contribution >= 0.6 is 0 Å². The molecule has 2 aromatic carbocycles. The topological polar surface area (TPSA) is 61.5 Å². The molecule has 0 fully saturated rings. The van der Waals surface area contributed by atoms with Crippen LogP contribution in [0.2, 0.25) is 0 Å². The van der Waals surface area contributed by atoms with Crippen molar-refractivity contribution in [1.82, 2.24) is 19.8 Å². The van der Waals surface area contributed by atoms with Crippen molar-refractivity contribution in [2.24, 2.45) is 0 Å². The van der Waals surface area contributed by atoms with Crippen LogP contribution in [-0.2, 0) is 24.2 Å². The Balaban J connectivity index is 1.34. The molecule has 1 amide bonds. The fourth-order valence-electron chi connectivity index (χ4n) is 5.42. The average molecular weight is 479 g/mol. The fourth-order valence-corrected chi connectivity index (χ4v) is 5.42. The summed E-state index contributed by atoms with van der Waals surface area (Å²) in [5.74, 6) is 0.952. The van der Waals surface area contributed by atoms with E-state index in [1.54, 1.807) is 6.08 Å². The zero-order valence-electron chi connectivity index (χ0n) is 20.7. The van der Waals surface area contributed by atoms with E-state index in [0.717, 1.165) is 53.2 Å². The number of ether oxygens (including phenoxy) is 1. The van der Waals surface area contributed by atoms with Crippen molar-refractivity contribution < 1.29 is 9.53 Å². The number of pyridine rings is 1. The molecular formula is C30H30N4O2. The number of aromatic amines is 1. The summed E-state index contributed by atoms with van der Waals surface area (Å²) < 4.78 is 5.74. The van der Waals surface area contributed by atoms with Crippen LogP contribution in [0.5, 0.6) is 5.75 Å². The van der Waals surface area contributed by atoms with Crippen LogP contribution in [0.3, 0.4) is 0 Å². The maximum absolute atomic E-state index is 13.6. The van der Waals surface area contributed by atoms with Gasteiger partial charge in [-0.3, -0.25) is 9.78 Å². The minimum Gasteiger partial charge on any atom is -0.493 e. The SMILES string of the molecule is CN(C)Cc1ccc(/C=C/C(=O)N2CCc3c([nH]c4ccccc34)[C@H]2c2ccc3c(c2)CCO3)cn1. The Labute approximate surface area is 211 Å². The van der Waals surface area contributed by atoms with E-state index in [1.807, 2.05) is 49.5 Å². The molecule has 36 heavy (non-hydrogen) atoms. The maximum Gasteiger partial charge on any atom is 0.247 e. The molecule has 0 spiro atoms. The number of rotatable bonds is 5. The lowest BCUT2D eigenvalue weighted by Crippen LogP contribution is -2.39. The first-order chi connectivity index (χ1) is 17.6. The van der Waals surface area contributed by atoms with E-state index >= 15 is 0 Å². The minimum absolute atomic E-state index is 0.00146. The highest BCUT2D eigenvalue weighted by molar-refractivity contribution is 5.93. The summed E-state index contributed by atoms with van der Waals surface area (Å²) in [7, 11) is 4.05. The van der Waals surface area contributed by atoms with E-state index in [0.29, 0.717) is 13.2 Å². The Kier molecular flexibility index (Phi) is 5.82. The van der Waals surface area contributed by atoms with Gasteiger partial charge in [-0.2, -0.15) is 0 Å². The van der Waals surface area contributed by atoms with Crippen molar-refractivity contribution in [2.45, 2.75) is 25.4 Å². The lowest BCUT2D eigenvalue weighted by Gasteiger charge is -2.36. The zero-order valence-corrected chi connectivity index (χ0v) is 20.7. The molecule has 182 valence electrons. The highest BCUT2D eigenvalue weighted by atomic mass is 16.5. The van der Waals surface area contributed by atoms with Gasteiger partial charge in [-0.05, 0) is 73.1 Å². The maximum atomic E-state index is 13.6. The first-order valence-corrected chi connectivity index (χ1v) is 12.5. The summed E-state index contributed by atoms with van der Waals surface area (Å²) in [5, 5.41) is 1.24. The molecular weight excluding hydrogens is 448 g/mol. The molecule has 0 saturated heterocycles. The third kappa shape index (κ3) is 4.18. The predicted octanol–water partition coefficient (Wildman–Crippen LogP) is 4.75. The number of nitrogens with one attached hydrogen (secondary N) is 1. The van der Waals surface area contributed by atoms with Crippen LogP contribution in [0.4, 0.5) is 0 Å². The van der Waals surface area contributed by atoms with Gasteiger partial charge < -0.3 is 19.5 Å². The number of hydrogen-bond donors (Lipinski definition) is 1. The minimum atomic E-state index is -0.176. The zero-order chi connectivity index (χ0) is 24.6. The van der Waals surface area contributed by atoms with Gasteiger partial charge in [0.25, 0.3) is 0 Å². The molecule has 6 heteroatoms. The van der Waals surface area contributed by atoms with Crippen LogP contribution in [0.1, 0.15) is 39.7 Å². The Hall–Kier alpha value is -3.90. The van der Waals surface area contributed by atoms with E-state index in [4.69, 9.17) is 4.74 Å². The van der Waals surface area contributed by atoms with Crippen LogP contribution in [0.25, 0.3) is 17.0 Å². The number of benzene rings is 2. The van der Waals surface area contributed by atoms with Crippen molar-refractivity contribution in [3.05, 3.63) is 101 Å². The van der Waals surface area contributed by atoms with E-state index < -0.39 is 0 Å². The molecule has 0 radical (unpaired) electrons. The number of carbonyl (C=O) groups is 1. The van der Waals surface area contributed by atoms with E-state index in [9.17, 15) is 4.79 Å². The Morgan fingerprint density at radius 3 is 2.89 bits per heavy atom. The number of carbonyl (C=O) groups excluding carboxylic acids is 1. The van der Waals surface area contributed by atoms with Gasteiger partial charge in [0.15, 0.2) is 0 Å². The molecule has 1 N–H and O–H groups in total. The molecule has 4 aromatic rings. The third-order valence-corrected chi connectivity index (χ3v) is 7.09. The Morgan fingerprint density at radius 1 is 1.17 bits per heavy atom. The summed E-state index contributed by atoms with van der Waals surface area (Å²) in [6.07, 6.45) is 7.10. The van der Waals surface area contributed by atoms with Gasteiger partial charge in [-0.1, -0.05) is 30.3 Å². The number of para-hydroxylation sites is 1. The van der Waals surface area contributed by atoms with Gasteiger partial charge in [0.2, 0.25) is 5.91 Å². The van der Waals surface area contributed by atoms with Crippen LogP contribution in [0, 0.1) is 0 Å². The van der Waals surface area contributed by atoms with Gasteiger partial charge in [0, 0.05) is 48.4 Å². The van der Waals surface area contributed by atoms with Crippen molar-refractivity contribution >= 4 is 22.9 Å². The van der Waals surface area contributed by atoms with Crippen molar-refractivity contribution in [2.75, 3.05) is 27.2 Å². The summed E-state index contributed by atoms with van der Waals surface area (Å²) in [4.78, 5) is 25.8. The molecule has 2 aromatic heterocycles. The summed E-state index contributed by atoms with van der Waals surface area (Å²) in [5.41, 5.74) is 7.78. The number of hydrogen-bond acceptors (Lipinski definition) is 4. The normalized spacial score (nSPS) is 17.0. The van der Waals surface area contributed by atoms with Crippen molar-refractivity contribution in [1.29, 1.82) is 0 Å². The quantitative estimate of drug-likeness (QED) is 0.421. The van der Waals surface area contributed by atoms with Gasteiger partial charge in [-0.15, -0.1) is 0 Å². The molecule has 0 bridgehead atoms. The standard InChI is InChI=1S/C30H30N4O2/c1-33(2)19-23-10-7-20(18-31-23)8-12-28(35)34-15-13-25-24-5-3-4-6-26(24)32-29(25)30(34)22-9-11-27-21(17-22)14-16-36-27/h3-12,17-18,30,32H,13-16,19H2,1-2H3/b12-8+/t30-/m1/s1. The summed E-state index contributed by atoms with van der Waals surface area (Å²) in [6, 6.07) is 18.6. The lowest BCUT2D eigenvalue weighted by atomic mass is 9.91. The second kappa shape index (κ2) is 9.28. The molecule has 1 atom stereocenters. The number of H-pyrrole nitrogens is 1. The molecule has 0 unspecified atom stereocenters. The third-order valence-electron chi connectivity index (χ3n) is 7.09. The van der Waals surface area contributed by atoms with E-state index in [1.165, 1.54) is 16.5 Å². The van der Waals surface area contributed by atoms with Gasteiger partial charge in [0.05, 0.1) is 18.3 Å². The number of aromatic nitrogens is 2. The predicted molar refractivity (Wildman–Crippen MR) is 142 cm³/mol. The molecule has 6 nitrogen and oxygen atoms in total. The molecule has 2 aliphatic heterocycles. The van der Waals surface area contributed by atoms with Crippen molar-refractivity contribution in [3.8, 4) is 5.75 Å². The highest BCUT2D eigenvalue weighted by Gasteiger charge is 2.34. The molecule has 0 aliphatic carbocycles. The fraction of sp³-hybridized carbons (Fsp3) is 0.267. The van der Waals surface area contributed by atoms with E-state index in [-0.39, 0.29) is 11.9 Å². The first kappa shape index (κ1) is 22.6. The Morgan fingerprint density at radius 2 is 2.06 bits per heavy atom. The number of nitrogens with zero attached hydrogens (tertiary/aromatic N) is 3. The number of amides is 1. The molecule has 0 saturated carbocycles. The number of fused-ring (bicyclic) bond motifs is 4. The van der Waals surface area contributed by atoms with Gasteiger partial charge in [-0.25, -0.2) is 0 Å². The summed E-state index contributed by atoms with van der Waals surface area (Å²) >= 11 is 0. The second-order valence-corrected chi connectivity index (χ2v) is 9.87. The first-order valence-electron chi connectivity index (χ1n) is 12.5. The highest BCUT2D eigenvalue weighted by Crippen LogP contribution is 2.40. The second-order valence-electron chi connectivity index (χ2n) is 9.87. The smallest absolute Gasteiger partial charge is 0.247 e. The molecule has 2 aliphatic rings. The molecule has 6 rings (SSSR count).